The second-order valence-electron chi connectivity index (χ2n) is 8.70. The molecule has 4 nitrogen and oxygen atoms in total. The Kier molecular flexibility index (Phi) is 5.68. The fourth-order valence-corrected chi connectivity index (χ4v) is 4.57. The van der Waals surface area contributed by atoms with Crippen molar-refractivity contribution in [1.29, 1.82) is 0 Å². The molecule has 1 aliphatic rings. The number of hydrogen-bond donors (Lipinski definition) is 1. The number of carbonyl (C=O) groups excluding carboxylic acids is 1. The van der Waals surface area contributed by atoms with Gasteiger partial charge in [-0.3, -0.25) is 4.79 Å². The summed E-state index contributed by atoms with van der Waals surface area (Å²) in [4.78, 5) is 22.9. The van der Waals surface area contributed by atoms with Gasteiger partial charge in [-0.15, -0.1) is 0 Å². The summed E-state index contributed by atoms with van der Waals surface area (Å²) in [6, 6.07) is 26.1. The molecule has 5 rings (SSSR count). The zero-order valence-electron chi connectivity index (χ0n) is 18.3. The molecule has 32 heavy (non-hydrogen) atoms. The summed E-state index contributed by atoms with van der Waals surface area (Å²) >= 11 is 0. The third-order valence-electron chi connectivity index (χ3n) is 6.45. The summed E-state index contributed by atoms with van der Waals surface area (Å²) in [6.45, 7) is 2.23. The molecule has 1 aliphatic carbocycles. The second kappa shape index (κ2) is 8.91. The van der Waals surface area contributed by atoms with Crippen LogP contribution in [0.3, 0.4) is 0 Å². The first-order valence-corrected chi connectivity index (χ1v) is 11.4. The zero-order chi connectivity index (χ0) is 21.9. The van der Waals surface area contributed by atoms with Gasteiger partial charge >= 0.3 is 0 Å². The van der Waals surface area contributed by atoms with Crippen LogP contribution in [-0.4, -0.2) is 21.9 Å². The van der Waals surface area contributed by atoms with Crippen LogP contribution in [0.5, 0.6) is 0 Å². The van der Waals surface area contributed by atoms with Gasteiger partial charge in [0, 0.05) is 22.7 Å². The average molecular weight is 422 g/mol. The highest BCUT2D eigenvalue weighted by molar-refractivity contribution is 5.98. The largest absolute Gasteiger partial charge is 0.349 e. The molecule has 1 N–H and O–H groups in total. The quantitative estimate of drug-likeness (QED) is 0.422. The number of aromatic nitrogens is 2. The van der Waals surface area contributed by atoms with Crippen LogP contribution in [0.25, 0.3) is 33.5 Å². The van der Waals surface area contributed by atoms with E-state index in [0.29, 0.717) is 11.5 Å². The van der Waals surface area contributed by atoms with E-state index in [1.54, 1.807) is 0 Å². The molecule has 1 fully saturated rings. The minimum Gasteiger partial charge on any atom is -0.349 e. The van der Waals surface area contributed by atoms with Crippen LogP contribution in [0.1, 0.15) is 43.0 Å². The summed E-state index contributed by atoms with van der Waals surface area (Å²) in [7, 11) is 0. The molecule has 0 spiro atoms. The highest BCUT2D eigenvalue weighted by atomic mass is 16.1. The Labute approximate surface area is 188 Å². The summed E-state index contributed by atoms with van der Waals surface area (Å²) in [5.41, 5.74) is 5.84. The number of amides is 1. The topological polar surface area (TPSA) is 54.9 Å². The monoisotopic (exact) mass is 421 g/mol. The summed E-state index contributed by atoms with van der Waals surface area (Å²) < 4.78 is 0. The fourth-order valence-electron chi connectivity index (χ4n) is 4.57. The van der Waals surface area contributed by atoms with Gasteiger partial charge in [0.15, 0.2) is 0 Å². The van der Waals surface area contributed by atoms with E-state index in [9.17, 15) is 4.79 Å². The van der Waals surface area contributed by atoms with Gasteiger partial charge in [0.2, 0.25) is 0 Å². The minimum absolute atomic E-state index is 0.0270. The Bertz CT molecular complexity index is 1240. The first-order chi connectivity index (χ1) is 15.7. The number of benzene rings is 3. The van der Waals surface area contributed by atoms with Crippen molar-refractivity contribution in [2.75, 3.05) is 0 Å². The van der Waals surface area contributed by atoms with Gasteiger partial charge in [0.1, 0.15) is 0 Å². The predicted octanol–water partition coefficient (Wildman–Crippen LogP) is 6.27. The predicted molar refractivity (Wildman–Crippen MR) is 129 cm³/mol. The highest BCUT2D eigenvalue weighted by Crippen LogP contribution is 2.31. The first-order valence-electron chi connectivity index (χ1n) is 11.4. The van der Waals surface area contributed by atoms with E-state index >= 15 is 0 Å². The van der Waals surface area contributed by atoms with Gasteiger partial charge in [-0.05, 0) is 37.0 Å². The number of fused-ring (bicyclic) bond motifs is 1. The lowest BCUT2D eigenvalue weighted by Gasteiger charge is -2.29. The van der Waals surface area contributed by atoms with E-state index in [2.05, 4.69) is 24.4 Å². The van der Waals surface area contributed by atoms with Crippen molar-refractivity contribution in [3.8, 4) is 22.5 Å². The molecule has 0 bridgehead atoms. The van der Waals surface area contributed by atoms with Gasteiger partial charge in [-0.1, -0.05) is 80.4 Å². The SMILES string of the molecule is C[C@@H]1CCCC[C@H]1NC(=O)c1ccc2nc(-c3ccccc3)c(-c3ccccc3)nc2c1. The molecule has 1 aromatic heterocycles. The van der Waals surface area contributed by atoms with Crippen LogP contribution < -0.4 is 5.32 Å². The minimum atomic E-state index is -0.0270. The summed E-state index contributed by atoms with van der Waals surface area (Å²) in [5.74, 6) is 0.493. The molecule has 4 aromatic rings. The van der Waals surface area contributed by atoms with Crippen molar-refractivity contribution in [2.45, 2.75) is 38.6 Å². The smallest absolute Gasteiger partial charge is 0.251 e. The molecule has 3 aromatic carbocycles. The van der Waals surface area contributed by atoms with Crippen LogP contribution in [0.4, 0.5) is 0 Å². The number of hydrogen-bond acceptors (Lipinski definition) is 3. The normalized spacial score (nSPS) is 18.4. The van der Waals surface area contributed by atoms with E-state index < -0.39 is 0 Å². The van der Waals surface area contributed by atoms with Crippen LogP contribution in [0.2, 0.25) is 0 Å². The van der Waals surface area contributed by atoms with Gasteiger partial charge < -0.3 is 5.32 Å². The zero-order valence-corrected chi connectivity index (χ0v) is 18.3. The Morgan fingerprint density at radius 3 is 2.00 bits per heavy atom. The van der Waals surface area contributed by atoms with Crippen molar-refractivity contribution >= 4 is 16.9 Å². The van der Waals surface area contributed by atoms with Gasteiger partial charge in [0.25, 0.3) is 5.91 Å². The van der Waals surface area contributed by atoms with Crippen LogP contribution in [0.15, 0.2) is 78.9 Å². The van der Waals surface area contributed by atoms with E-state index in [0.717, 1.165) is 40.0 Å². The lowest BCUT2D eigenvalue weighted by Crippen LogP contribution is -2.41. The van der Waals surface area contributed by atoms with E-state index in [1.807, 2.05) is 66.7 Å². The van der Waals surface area contributed by atoms with Gasteiger partial charge in [-0.25, -0.2) is 9.97 Å². The molecule has 1 heterocycles. The van der Waals surface area contributed by atoms with Crippen LogP contribution >= 0.6 is 0 Å². The molecule has 160 valence electrons. The van der Waals surface area contributed by atoms with Crippen molar-refractivity contribution in [3.63, 3.8) is 0 Å². The Balaban J connectivity index is 1.55. The Morgan fingerprint density at radius 2 is 1.38 bits per heavy atom. The number of carbonyl (C=O) groups is 1. The molecule has 0 aliphatic heterocycles. The molecule has 0 radical (unpaired) electrons. The van der Waals surface area contributed by atoms with E-state index in [-0.39, 0.29) is 11.9 Å². The van der Waals surface area contributed by atoms with E-state index in [4.69, 9.17) is 9.97 Å². The van der Waals surface area contributed by atoms with E-state index in [1.165, 1.54) is 19.3 Å². The van der Waals surface area contributed by atoms with Gasteiger partial charge in [0.05, 0.1) is 22.4 Å². The lowest BCUT2D eigenvalue weighted by atomic mass is 9.86. The summed E-state index contributed by atoms with van der Waals surface area (Å²) in [5, 5.41) is 3.25. The third kappa shape index (κ3) is 4.13. The highest BCUT2D eigenvalue weighted by Gasteiger charge is 2.23. The lowest BCUT2D eigenvalue weighted by molar-refractivity contribution is 0.0910. The van der Waals surface area contributed by atoms with Crippen molar-refractivity contribution in [3.05, 3.63) is 84.4 Å². The maximum atomic E-state index is 13.0. The van der Waals surface area contributed by atoms with Crippen molar-refractivity contribution in [1.82, 2.24) is 15.3 Å². The molecule has 4 heteroatoms. The first kappa shape index (κ1) is 20.4. The maximum Gasteiger partial charge on any atom is 0.251 e. The molecular formula is C28H27N3O. The van der Waals surface area contributed by atoms with Crippen molar-refractivity contribution in [2.24, 2.45) is 5.92 Å². The molecule has 1 saturated carbocycles. The summed E-state index contributed by atoms with van der Waals surface area (Å²) in [6.07, 6.45) is 4.67. The molecule has 0 saturated heterocycles. The maximum absolute atomic E-state index is 13.0. The molecular weight excluding hydrogens is 394 g/mol. The van der Waals surface area contributed by atoms with Crippen LogP contribution in [0, 0.1) is 5.92 Å². The molecule has 2 atom stereocenters. The Hall–Kier alpha value is -3.53. The second-order valence-corrected chi connectivity index (χ2v) is 8.70. The Morgan fingerprint density at radius 1 is 0.781 bits per heavy atom. The standard InChI is InChI=1S/C28H27N3O/c1-19-10-8-9-15-23(19)31-28(32)22-16-17-24-25(18-22)30-27(21-13-6-3-7-14-21)26(29-24)20-11-4-2-5-12-20/h2-7,11-14,16-19,23H,8-10,15H2,1H3,(H,31,32)/t19-,23-/m1/s1. The molecule has 0 unspecified atom stereocenters. The number of rotatable bonds is 4. The van der Waals surface area contributed by atoms with Gasteiger partial charge in [-0.2, -0.15) is 0 Å². The van der Waals surface area contributed by atoms with Crippen LogP contribution in [-0.2, 0) is 0 Å². The number of nitrogens with one attached hydrogen (secondary N) is 1. The number of nitrogens with zero attached hydrogens (tertiary/aromatic N) is 2. The fraction of sp³-hybridized carbons (Fsp3) is 0.250. The molecule has 1 amide bonds. The average Bonchev–Trinajstić information content (AvgIpc) is 2.85. The third-order valence-corrected chi connectivity index (χ3v) is 6.45. The van der Waals surface area contributed by atoms with Crippen molar-refractivity contribution < 1.29 is 4.79 Å².